The molecule has 0 saturated heterocycles. The fourth-order valence-corrected chi connectivity index (χ4v) is 4.01. The first-order valence-corrected chi connectivity index (χ1v) is 9.62. The van der Waals surface area contributed by atoms with Crippen LogP contribution >= 0.6 is 0 Å². The van der Waals surface area contributed by atoms with Crippen LogP contribution in [0.4, 0.5) is 11.4 Å². The summed E-state index contributed by atoms with van der Waals surface area (Å²) >= 11 is 0. The van der Waals surface area contributed by atoms with Gasteiger partial charge in [-0.1, -0.05) is 42.5 Å². The molecule has 0 aliphatic carbocycles. The third kappa shape index (κ3) is 3.25. The van der Waals surface area contributed by atoms with Gasteiger partial charge in [-0.25, -0.2) is 5.01 Å². The Morgan fingerprint density at radius 2 is 1.65 bits per heavy atom. The fraction of sp³-hybridized carbons (Fsp3) is 0.136. The number of rotatable bonds is 4. The van der Waals surface area contributed by atoms with Crippen LogP contribution in [0.1, 0.15) is 35.4 Å². The molecular formula is C22H16N4O5. The zero-order valence-electron chi connectivity index (χ0n) is 16.1. The van der Waals surface area contributed by atoms with E-state index in [4.69, 9.17) is 9.84 Å². The Hall–Kier alpha value is -4.27. The first-order chi connectivity index (χ1) is 15.0. The molecule has 154 valence electrons. The smallest absolute Gasteiger partial charge is 0.270 e. The highest BCUT2D eigenvalue weighted by molar-refractivity contribution is 6.01. The number of nitro benzene ring substituents is 2. The molecule has 0 fully saturated rings. The van der Waals surface area contributed by atoms with E-state index in [9.17, 15) is 20.2 Å². The first-order valence-electron chi connectivity index (χ1n) is 9.62. The van der Waals surface area contributed by atoms with E-state index in [0.717, 1.165) is 11.3 Å². The topological polar surface area (TPSA) is 111 Å². The molecule has 0 spiro atoms. The van der Waals surface area contributed by atoms with Crippen molar-refractivity contribution in [2.24, 2.45) is 5.10 Å². The SMILES string of the molecule is O=[N+]([O-])c1cccc([C@@H]2Oc3ccc([N+](=O)[O-])cc3[C@@H]3CC(c4ccccc4)=NN32)c1. The van der Waals surface area contributed by atoms with Crippen molar-refractivity contribution >= 4 is 17.1 Å². The summed E-state index contributed by atoms with van der Waals surface area (Å²) in [5, 5.41) is 29.1. The standard InChI is InChI=1S/C22H16N4O5/c27-25(28)16-8-4-7-15(11-16)22-24-20(13-19(23-24)14-5-2-1-3-6-14)18-12-17(26(29)30)9-10-21(18)31-22/h1-12,20,22H,13H2/t20-,22-/m0/s1. The molecule has 3 aromatic rings. The monoisotopic (exact) mass is 416 g/mol. The largest absolute Gasteiger partial charge is 0.464 e. The third-order valence-electron chi connectivity index (χ3n) is 5.46. The number of hydrazone groups is 1. The molecule has 9 nitrogen and oxygen atoms in total. The molecule has 2 aliphatic heterocycles. The van der Waals surface area contributed by atoms with Crippen LogP contribution in [0, 0.1) is 20.2 Å². The summed E-state index contributed by atoms with van der Waals surface area (Å²) in [6.45, 7) is 0. The van der Waals surface area contributed by atoms with Crippen LogP contribution in [0.3, 0.4) is 0 Å². The zero-order valence-corrected chi connectivity index (χ0v) is 16.1. The Balaban J connectivity index is 1.62. The minimum atomic E-state index is -0.694. The van der Waals surface area contributed by atoms with Crippen molar-refractivity contribution < 1.29 is 14.6 Å². The van der Waals surface area contributed by atoms with Gasteiger partial charge in [-0.05, 0) is 11.6 Å². The second-order valence-corrected chi connectivity index (χ2v) is 7.31. The Morgan fingerprint density at radius 3 is 2.39 bits per heavy atom. The number of fused-ring (bicyclic) bond motifs is 3. The summed E-state index contributed by atoms with van der Waals surface area (Å²) in [5.74, 6) is 0.507. The molecule has 0 bridgehead atoms. The van der Waals surface area contributed by atoms with Gasteiger partial charge >= 0.3 is 0 Å². The predicted molar refractivity (Wildman–Crippen MR) is 112 cm³/mol. The Bertz CT molecular complexity index is 1230. The Kier molecular flexibility index (Phi) is 4.36. The summed E-state index contributed by atoms with van der Waals surface area (Å²) in [6.07, 6.45) is -0.160. The van der Waals surface area contributed by atoms with Gasteiger partial charge in [0.25, 0.3) is 11.4 Å². The predicted octanol–water partition coefficient (Wildman–Crippen LogP) is 4.75. The molecule has 0 aromatic heterocycles. The highest BCUT2D eigenvalue weighted by atomic mass is 16.6. The van der Waals surface area contributed by atoms with E-state index in [-0.39, 0.29) is 17.4 Å². The van der Waals surface area contributed by atoms with E-state index in [1.807, 2.05) is 30.3 Å². The molecule has 5 rings (SSSR count). The minimum Gasteiger partial charge on any atom is -0.464 e. The quantitative estimate of drug-likeness (QED) is 0.448. The number of nitro groups is 2. The molecule has 9 heteroatoms. The molecule has 0 radical (unpaired) electrons. The van der Waals surface area contributed by atoms with Crippen LogP contribution in [-0.4, -0.2) is 20.6 Å². The van der Waals surface area contributed by atoms with Crippen molar-refractivity contribution in [3.8, 4) is 5.75 Å². The molecule has 31 heavy (non-hydrogen) atoms. The lowest BCUT2D eigenvalue weighted by Crippen LogP contribution is -2.33. The van der Waals surface area contributed by atoms with Gasteiger partial charge in [0.1, 0.15) is 5.75 Å². The van der Waals surface area contributed by atoms with Gasteiger partial charge in [0.2, 0.25) is 6.23 Å². The van der Waals surface area contributed by atoms with Crippen LogP contribution in [0.25, 0.3) is 0 Å². The average Bonchev–Trinajstić information content (AvgIpc) is 3.24. The van der Waals surface area contributed by atoms with Gasteiger partial charge in [0.05, 0.1) is 21.6 Å². The first kappa shape index (κ1) is 18.7. The molecule has 0 amide bonds. The van der Waals surface area contributed by atoms with Crippen LogP contribution in [0.15, 0.2) is 77.9 Å². The number of nitrogens with zero attached hydrogens (tertiary/aromatic N) is 4. The molecule has 2 aliphatic rings. The third-order valence-corrected chi connectivity index (χ3v) is 5.46. The molecule has 0 N–H and O–H groups in total. The lowest BCUT2D eigenvalue weighted by molar-refractivity contribution is -0.385. The Morgan fingerprint density at radius 1 is 0.903 bits per heavy atom. The Labute approximate surface area is 176 Å². The molecule has 2 atom stereocenters. The lowest BCUT2D eigenvalue weighted by Gasteiger charge is -2.38. The van der Waals surface area contributed by atoms with Crippen molar-refractivity contribution in [2.45, 2.75) is 18.7 Å². The maximum atomic E-state index is 11.3. The van der Waals surface area contributed by atoms with Crippen LogP contribution in [0.5, 0.6) is 5.75 Å². The van der Waals surface area contributed by atoms with E-state index >= 15 is 0 Å². The zero-order chi connectivity index (χ0) is 21.5. The van der Waals surface area contributed by atoms with E-state index in [1.54, 1.807) is 23.2 Å². The van der Waals surface area contributed by atoms with Crippen molar-refractivity contribution in [1.82, 2.24) is 5.01 Å². The number of hydrogen-bond donors (Lipinski definition) is 0. The second-order valence-electron chi connectivity index (χ2n) is 7.31. The van der Waals surface area contributed by atoms with E-state index < -0.39 is 16.1 Å². The van der Waals surface area contributed by atoms with Crippen molar-refractivity contribution in [1.29, 1.82) is 0 Å². The highest BCUT2D eigenvalue weighted by Gasteiger charge is 2.42. The van der Waals surface area contributed by atoms with Crippen LogP contribution < -0.4 is 4.74 Å². The summed E-state index contributed by atoms with van der Waals surface area (Å²) in [7, 11) is 0. The average molecular weight is 416 g/mol. The second kappa shape index (κ2) is 7.21. The maximum Gasteiger partial charge on any atom is 0.270 e. The van der Waals surface area contributed by atoms with E-state index in [0.29, 0.717) is 23.3 Å². The van der Waals surface area contributed by atoms with Gasteiger partial charge in [-0.15, -0.1) is 0 Å². The fourth-order valence-electron chi connectivity index (χ4n) is 4.01. The van der Waals surface area contributed by atoms with Gasteiger partial charge in [-0.3, -0.25) is 20.2 Å². The maximum absolute atomic E-state index is 11.3. The number of non-ortho nitro benzene ring substituents is 2. The van der Waals surface area contributed by atoms with Gasteiger partial charge in [0, 0.05) is 41.8 Å². The lowest BCUT2D eigenvalue weighted by atomic mass is 9.95. The van der Waals surface area contributed by atoms with E-state index in [1.165, 1.54) is 24.3 Å². The summed E-state index contributed by atoms with van der Waals surface area (Å²) < 4.78 is 6.16. The normalized spacial score (nSPS) is 19.1. The van der Waals surface area contributed by atoms with E-state index in [2.05, 4.69) is 0 Å². The van der Waals surface area contributed by atoms with Crippen LogP contribution in [0.2, 0.25) is 0 Å². The molecule has 2 heterocycles. The molecule has 0 saturated carbocycles. The summed E-state index contributed by atoms with van der Waals surface area (Å²) in [4.78, 5) is 21.7. The van der Waals surface area contributed by atoms with Gasteiger partial charge in [0.15, 0.2) is 0 Å². The number of hydrogen-bond acceptors (Lipinski definition) is 7. The summed E-state index contributed by atoms with van der Waals surface area (Å²) in [5.41, 5.74) is 2.96. The molecule has 3 aromatic carbocycles. The van der Waals surface area contributed by atoms with Gasteiger partial charge in [-0.2, -0.15) is 5.10 Å². The van der Waals surface area contributed by atoms with Crippen molar-refractivity contribution in [2.75, 3.05) is 0 Å². The highest BCUT2D eigenvalue weighted by Crippen LogP contribution is 2.48. The number of ether oxygens (including phenoxy) is 1. The summed E-state index contributed by atoms with van der Waals surface area (Å²) in [6, 6.07) is 20.1. The minimum absolute atomic E-state index is 0.0238. The van der Waals surface area contributed by atoms with Crippen LogP contribution in [-0.2, 0) is 0 Å². The molecular weight excluding hydrogens is 400 g/mol. The molecule has 0 unspecified atom stereocenters. The van der Waals surface area contributed by atoms with Gasteiger partial charge < -0.3 is 4.74 Å². The van der Waals surface area contributed by atoms with Crippen molar-refractivity contribution in [3.05, 3.63) is 110 Å². The van der Waals surface area contributed by atoms with Crippen molar-refractivity contribution in [3.63, 3.8) is 0 Å². The number of benzene rings is 3.